The summed E-state index contributed by atoms with van der Waals surface area (Å²) >= 11 is -2.21. The van der Waals surface area contributed by atoms with Crippen LogP contribution in [0.15, 0.2) is 4.99 Å². The Hall–Kier alpha value is 0.469. The van der Waals surface area contributed by atoms with Gasteiger partial charge in [0.15, 0.2) is 0 Å². The molecule has 0 fully saturated rings. The molecule has 0 N–H and O–H groups in total. The van der Waals surface area contributed by atoms with Crippen LogP contribution in [0.25, 0.3) is 0 Å². The molecular weight excluding hydrogens is 373 g/mol. The Bertz CT molecular complexity index is 262. The number of nitrogens with zero attached hydrogens (tertiary/aromatic N) is 1. The van der Waals surface area contributed by atoms with Crippen molar-refractivity contribution in [2.24, 2.45) is 16.8 Å². The third-order valence-electron chi connectivity index (χ3n) is 4.89. The summed E-state index contributed by atoms with van der Waals surface area (Å²) in [7, 11) is 0. The summed E-state index contributed by atoms with van der Waals surface area (Å²) in [6.07, 6.45) is 10.7. The van der Waals surface area contributed by atoms with Gasteiger partial charge in [-0.15, -0.1) is 0 Å². The van der Waals surface area contributed by atoms with Crippen molar-refractivity contribution in [1.29, 1.82) is 0 Å². The van der Waals surface area contributed by atoms with Gasteiger partial charge in [0.05, 0.1) is 0 Å². The van der Waals surface area contributed by atoms with E-state index in [2.05, 4.69) is 54.7 Å². The first-order valence-electron chi connectivity index (χ1n) is 9.96. The fourth-order valence-electron chi connectivity index (χ4n) is 3.71. The fraction of sp³-hybridized carbons (Fsp3) is 0.950. The summed E-state index contributed by atoms with van der Waals surface area (Å²) in [6.45, 7) is 16.5. The normalized spacial score (nSPS) is 14.4. The van der Waals surface area contributed by atoms with Crippen LogP contribution in [0.2, 0.25) is 13.3 Å². The van der Waals surface area contributed by atoms with Crippen LogP contribution in [0.5, 0.6) is 0 Å². The van der Waals surface area contributed by atoms with Gasteiger partial charge in [-0.2, -0.15) is 0 Å². The fourth-order valence-corrected chi connectivity index (χ4v) is 22.6. The number of aliphatic imine (C=N–C) groups is 1. The van der Waals surface area contributed by atoms with Gasteiger partial charge in [0.25, 0.3) is 0 Å². The van der Waals surface area contributed by atoms with Gasteiger partial charge in [0.2, 0.25) is 0 Å². The van der Waals surface area contributed by atoms with E-state index < -0.39 is 18.4 Å². The first-order chi connectivity index (χ1) is 10.4. The molecule has 0 aliphatic heterocycles. The molecule has 0 radical (unpaired) electrons. The van der Waals surface area contributed by atoms with Crippen molar-refractivity contribution >= 4 is 24.6 Å². The second-order valence-electron chi connectivity index (χ2n) is 7.90. The monoisotopic (exact) mass is 417 g/mol. The summed E-state index contributed by atoms with van der Waals surface area (Å²) < 4.78 is 5.43. The Morgan fingerprint density at radius 2 is 1.18 bits per heavy atom. The molecule has 0 aromatic carbocycles. The van der Waals surface area contributed by atoms with Crippen molar-refractivity contribution in [3.8, 4) is 0 Å². The maximum atomic E-state index is 5.22. The molecule has 1 unspecified atom stereocenters. The van der Waals surface area contributed by atoms with Crippen LogP contribution in [0.3, 0.4) is 0 Å². The average Bonchev–Trinajstić information content (AvgIpc) is 2.47. The predicted molar refractivity (Wildman–Crippen MR) is 107 cm³/mol. The molecule has 0 heterocycles. The van der Waals surface area contributed by atoms with Crippen LogP contribution in [-0.2, 0) is 0 Å². The molecule has 132 valence electrons. The van der Waals surface area contributed by atoms with Gasteiger partial charge in [0.1, 0.15) is 0 Å². The van der Waals surface area contributed by atoms with E-state index in [-0.39, 0.29) is 0 Å². The molecule has 0 saturated heterocycles. The molecule has 0 aliphatic carbocycles. The van der Waals surface area contributed by atoms with Crippen molar-refractivity contribution in [1.82, 2.24) is 0 Å². The van der Waals surface area contributed by atoms with Gasteiger partial charge < -0.3 is 0 Å². The second kappa shape index (κ2) is 12.8. The summed E-state index contributed by atoms with van der Waals surface area (Å²) in [6, 6.07) is 0. The maximum absolute atomic E-state index is 5.22. The topological polar surface area (TPSA) is 12.4 Å². The summed E-state index contributed by atoms with van der Waals surface area (Å²) in [5, 5.41) is 0. The Morgan fingerprint density at radius 3 is 1.45 bits per heavy atom. The van der Waals surface area contributed by atoms with Crippen LogP contribution in [0, 0.1) is 11.8 Å². The minimum absolute atomic E-state index is 0.591. The second-order valence-corrected chi connectivity index (χ2v) is 21.7. The van der Waals surface area contributed by atoms with Crippen LogP contribution in [0.4, 0.5) is 0 Å². The van der Waals surface area contributed by atoms with Gasteiger partial charge >= 0.3 is 146 Å². The number of rotatable bonds is 13. The summed E-state index contributed by atoms with van der Waals surface area (Å²) in [5.41, 5.74) is 0. The minimum atomic E-state index is -2.21. The molecule has 0 saturated carbocycles. The van der Waals surface area contributed by atoms with E-state index in [0.29, 0.717) is 9.98 Å². The average molecular weight is 416 g/mol. The van der Waals surface area contributed by atoms with Crippen molar-refractivity contribution in [3.63, 3.8) is 0 Å². The number of unbranched alkanes of at least 4 members (excludes halogenated alkanes) is 3. The Morgan fingerprint density at radius 1 is 0.773 bits per heavy atom. The van der Waals surface area contributed by atoms with E-state index in [1.54, 1.807) is 13.3 Å². The van der Waals surface area contributed by atoms with Crippen molar-refractivity contribution in [2.45, 2.75) is 104 Å². The van der Waals surface area contributed by atoms with E-state index in [1.807, 2.05) is 0 Å². The molecule has 1 nitrogen and oxygen atoms in total. The third-order valence-corrected chi connectivity index (χ3v) is 22.4. The van der Waals surface area contributed by atoms with Crippen LogP contribution in [0.1, 0.15) is 87.0 Å². The first kappa shape index (κ1) is 22.5. The molecular formula is C20H43NSn. The van der Waals surface area contributed by atoms with Gasteiger partial charge in [-0.1, -0.05) is 0 Å². The van der Waals surface area contributed by atoms with Gasteiger partial charge in [-0.3, -0.25) is 0 Å². The van der Waals surface area contributed by atoms with E-state index in [0.717, 1.165) is 5.92 Å². The van der Waals surface area contributed by atoms with Crippen molar-refractivity contribution in [2.75, 3.05) is 0 Å². The zero-order valence-electron chi connectivity index (χ0n) is 16.6. The quantitative estimate of drug-likeness (QED) is 0.224. The van der Waals surface area contributed by atoms with Crippen molar-refractivity contribution < 1.29 is 0 Å². The molecule has 0 aliphatic rings. The van der Waals surface area contributed by atoms with Gasteiger partial charge in [0, 0.05) is 0 Å². The first-order valence-corrected chi connectivity index (χ1v) is 17.7. The standard InChI is InChI=1S/C8H16N.3C4H9.Sn/c1-7(2)5-9-6-8(3)4;3*1-3-4-2;/h5-8H,1-4H3;3*1,3-4H2,2H3;/b9-5+;;;;. The molecule has 0 aromatic rings. The van der Waals surface area contributed by atoms with E-state index >= 15 is 0 Å². The molecule has 1 atom stereocenters. The molecule has 0 amide bonds. The van der Waals surface area contributed by atoms with E-state index in [1.165, 1.54) is 38.5 Å². The molecule has 0 aromatic heterocycles. The third kappa shape index (κ3) is 8.36. The van der Waals surface area contributed by atoms with Crippen molar-refractivity contribution in [3.05, 3.63) is 0 Å². The predicted octanol–water partition coefficient (Wildman–Crippen LogP) is 7.13. The van der Waals surface area contributed by atoms with Crippen LogP contribution < -0.4 is 0 Å². The van der Waals surface area contributed by atoms with E-state index in [9.17, 15) is 0 Å². The zero-order chi connectivity index (χ0) is 17.0. The van der Waals surface area contributed by atoms with Gasteiger partial charge in [-0.05, 0) is 0 Å². The van der Waals surface area contributed by atoms with Crippen LogP contribution in [-0.4, -0.2) is 28.6 Å². The Kier molecular flexibility index (Phi) is 13.1. The molecule has 0 rings (SSSR count). The Labute approximate surface area is 145 Å². The SMILES string of the molecule is CCC[CH2][Sn]([CH2]CCC)([CH2]CCC)[CH](/N=C/C(C)C)C(C)C. The molecule has 2 heteroatoms. The summed E-state index contributed by atoms with van der Waals surface area (Å²) in [4.78, 5) is 5.22. The van der Waals surface area contributed by atoms with Gasteiger partial charge in [-0.25, -0.2) is 0 Å². The summed E-state index contributed by atoms with van der Waals surface area (Å²) in [5.74, 6) is 1.32. The van der Waals surface area contributed by atoms with E-state index in [4.69, 9.17) is 4.99 Å². The molecule has 0 bridgehead atoms. The number of hydrogen-bond donors (Lipinski definition) is 0. The van der Waals surface area contributed by atoms with Crippen LogP contribution >= 0.6 is 0 Å². The number of hydrogen-bond acceptors (Lipinski definition) is 1. The molecule has 0 spiro atoms. The zero-order valence-corrected chi connectivity index (χ0v) is 19.5. The Balaban J connectivity index is 5.45. The molecule has 22 heavy (non-hydrogen) atoms.